The van der Waals surface area contributed by atoms with E-state index in [1.807, 2.05) is 24.6 Å². The van der Waals surface area contributed by atoms with E-state index in [0.29, 0.717) is 35.8 Å². The van der Waals surface area contributed by atoms with Crippen molar-refractivity contribution >= 4 is 17.4 Å². The first-order chi connectivity index (χ1) is 17.4. The van der Waals surface area contributed by atoms with Crippen LogP contribution in [0.4, 0.5) is 11.5 Å². The number of carbonyl (C=O) groups excluding carboxylic acids is 1. The van der Waals surface area contributed by atoms with Crippen molar-refractivity contribution in [3.05, 3.63) is 41.5 Å². The number of piperidine rings is 1. The van der Waals surface area contributed by atoms with E-state index in [1.54, 1.807) is 39.8 Å². The average Bonchev–Trinajstić information content (AvgIpc) is 3.20. The highest BCUT2D eigenvalue weighted by Gasteiger charge is 2.19. The van der Waals surface area contributed by atoms with Crippen molar-refractivity contribution in [2.45, 2.75) is 46.0 Å². The van der Waals surface area contributed by atoms with Crippen molar-refractivity contribution in [3.63, 3.8) is 0 Å². The summed E-state index contributed by atoms with van der Waals surface area (Å²) in [7, 11) is 4.62. The van der Waals surface area contributed by atoms with Crippen LogP contribution in [0.15, 0.2) is 24.5 Å². The Kier molecular flexibility index (Phi) is 7.92. The second kappa shape index (κ2) is 11.3. The number of methoxy groups -OCH3 is 3. The molecule has 10 heteroatoms. The Labute approximate surface area is 211 Å². The Morgan fingerprint density at radius 3 is 2.25 bits per heavy atom. The molecule has 1 aliphatic rings. The fraction of sp³-hybridized carbons (Fsp3) is 0.462. The zero-order chi connectivity index (χ0) is 25.7. The first kappa shape index (κ1) is 25.3. The van der Waals surface area contributed by atoms with Gasteiger partial charge in [0.05, 0.1) is 27.0 Å². The molecule has 1 amide bonds. The number of aromatic nitrogens is 4. The normalized spacial score (nSPS) is 13.4. The molecule has 0 atom stereocenters. The molecule has 1 aliphatic heterocycles. The number of hydrogen-bond acceptors (Lipinski definition) is 8. The molecule has 1 saturated heterocycles. The van der Waals surface area contributed by atoms with Crippen LogP contribution in [0.2, 0.25) is 0 Å². The van der Waals surface area contributed by atoms with Crippen molar-refractivity contribution < 1.29 is 19.0 Å². The van der Waals surface area contributed by atoms with Crippen LogP contribution in [0, 0.1) is 13.8 Å². The van der Waals surface area contributed by atoms with Gasteiger partial charge in [-0.25, -0.2) is 14.6 Å². The van der Waals surface area contributed by atoms with Crippen LogP contribution >= 0.6 is 0 Å². The largest absolute Gasteiger partial charge is 0.493 e. The average molecular weight is 495 g/mol. The molecule has 1 N–H and O–H groups in total. The topological polar surface area (TPSA) is 104 Å². The summed E-state index contributed by atoms with van der Waals surface area (Å²) >= 11 is 0. The van der Waals surface area contributed by atoms with Crippen molar-refractivity contribution in [2.24, 2.45) is 0 Å². The van der Waals surface area contributed by atoms with E-state index >= 15 is 0 Å². The van der Waals surface area contributed by atoms with Crippen LogP contribution < -0.4 is 24.4 Å². The van der Waals surface area contributed by atoms with Gasteiger partial charge in [0.15, 0.2) is 17.3 Å². The van der Waals surface area contributed by atoms with Gasteiger partial charge in [0.25, 0.3) is 0 Å². The molecule has 192 valence electrons. The van der Waals surface area contributed by atoms with Gasteiger partial charge in [-0.15, -0.1) is 0 Å². The van der Waals surface area contributed by atoms with E-state index in [0.717, 1.165) is 41.7 Å². The third kappa shape index (κ3) is 5.37. The molecular formula is C26H34N6O4. The zero-order valence-corrected chi connectivity index (χ0v) is 21.6. The highest BCUT2D eigenvalue weighted by atomic mass is 16.5. The van der Waals surface area contributed by atoms with Crippen LogP contribution in [-0.2, 0) is 11.2 Å². The lowest BCUT2D eigenvalue weighted by Crippen LogP contribution is -2.30. The first-order valence-electron chi connectivity index (χ1n) is 12.2. The van der Waals surface area contributed by atoms with E-state index in [4.69, 9.17) is 19.3 Å². The summed E-state index contributed by atoms with van der Waals surface area (Å²) in [5.74, 6) is 2.98. The second-order valence-corrected chi connectivity index (χ2v) is 8.81. The molecule has 1 fully saturated rings. The van der Waals surface area contributed by atoms with Crippen LogP contribution in [0.3, 0.4) is 0 Å². The quantitative estimate of drug-likeness (QED) is 0.478. The molecule has 2 aromatic heterocycles. The minimum Gasteiger partial charge on any atom is -0.493 e. The molecule has 10 nitrogen and oxygen atoms in total. The number of ether oxygens (including phenoxy) is 3. The third-order valence-corrected chi connectivity index (χ3v) is 6.53. The summed E-state index contributed by atoms with van der Waals surface area (Å²) in [6.07, 6.45) is 6.08. The molecule has 36 heavy (non-hydrogen) atoms. The van der Waals surface area contributed by atoms with Crippen LogP contribution in [-0.4, -0.2) is 60.1 Å². The number of amides is 1. The van der Waals surface area contributed by atoms with Crippen molar-refractivity contribution in [3.8, 4) is 23.1 Å². The monoisotopic (exact) mass is 494 g/mol. The van der Waals surface area contributed by atoms with Crippen molar-refractivity contribution in [1.29, 1.82) is 0 Å². The predicted molar refractivity (Wildman–Crippen MR) is 138 cm³/mol. The maximum Gasteiger partial charge on any atom is 0.224 e. The van der Waals surface area contributed by atoms with E-state index in [9.17, 15) is 4.79 Å². The zero-order valence-electron chi connectivity index (χ0n) is 21.6. The predicted octanol–water partition coefficient (Wildman–Crippen LogP) is 3.87. The molecule has 3 aromatic rings. The molecule has 0 saturated carbocycles. The first-order valence-corrected chi connectivity index (χ1v) is 12.2. The van der Waals surface area contributed by atoms with Gasteiger partial charge in [-0.2, -0.15) is 5.10 Å². The summed E-state index contributed by atoms with van der Waals surface area (Å²) in [4.78, 5) is 24.0. The summed E-state index contributed by atoms with van der Waals surface area (Å²) in [5.41, 5.74) is 3.46. The second-order valence-electron chi connectivity index (χ2n) is 8.81. The number of nitrogens with zero attached hydrogens (tertiary/aromatic N) is 5. The van der Waals surface area contributed by atoms with Gasteiger partial charge in [-0.1, -0.05) is 0 Å². The van der Waals surface area contributed by atoms with Gasteiger partial charge in [-0.3, -0.25) is 4.79 Å². The highest BCUT2D eigenvalue weighted by Crippen LogP contribution is 2.40. The van der Waals surface area contributed by atoms with E-state index < -0.39 is 0 Å². The van der Waals surface area contributed by atoms with Gasteiger partial charge in [-0.05, 0) is 45.1 Å². The Bertz CT molecular complexity index is 1190. The molecule has 0 spiro atoms. The Morgan fingerprint density at radius 1 is 0.944 bits per heavy atom. The number of rotatable bonds is 9. The van der Waals surface area contributed by atoms with Crippen molar-refractivity contribution in [1.82, 2.24) is 19.7 Å². The van der Waals surface area contributed by atoms with Gasteiger partial charge in [0.1, 0.15) is 12.1 Å². The molecule has 3 heterocycles. The number of benzene rings is 1. The summed E-state index contributed by atoms with van der Waals surface area (Å²) in [6, 6.07) is 5.41. The lowest BCUT2D eigenvalue weighted by atomic mass is 10.1. The number of carbonyl (C=O) groups is 1. The summed E-state index contributed by atoms with van der Waals surface area (Å²) in [5, 5.41) is 7.65. The molecule has 0 bridgehead atoms. The maximum absolute atomic E-state index is 12.8. The van der Waals surface area contributed by atoms with Gasteiger partial charge < -0.3 is 24.4 Å². The van der Waals surface area contributed by atoms with Crippen molar-refractivity contribution in [2.75, 3.05) is 44.6 Å². The number of hydrogen-bond donors (Lipinski definition) is 1. The fourth-order valence-corrected chi connectivity index (χ4v) is 4.62. The Balaban J connectivity index is 1.46. The molecule has 0 radical (unpaired) electrons. The Hall–Kier alpha value is -3.82. The number of aryl methyl sites for hydroxylation is 1. The maximum atomic E-state index is 12.8. The smallest absolute Gasteiger partial charge is 0.224 e. The molecule has 0 unspecified atom stereocenters. The van der Waals surface area contributed by atoms with Gasteiger partial charge >= 0.3 is 0 Å². The molecular weight excluding hydrogens is 460 g/mol. The van der Waals surface area contributed by atoms with E-state index in [2.05, 4.69) is 20.2 Å². The molecule has 1 aromatic carbocycles. The fourth-order valence-electron chi connectivity index (χ4n) is 4.62. The molecule has 4 rings (SSSR count). The number of nitrogens with one attached hydrogen (secondary N) is 1. The minimum absolute atomic E-state index is 0.120. The number of anilines is 2. The van der Waals surface area contributed by atoms with E-state index in [-0.39, 0.29) is 5.91 Å². The summed E-state index contributed by atoms with van der Waals surface area (Å²) < 4.78 is 17.9. The standard InChI is InChI=1S/C26H34N6O4/c1-17-20(9-10-25(33)29-19-13-21(34-3)26(36-5)22(14-19)35-4)18(2)32(30-17)24-15-23(27-16-28-24)31-11-7-6-8-12-31/h13-16H,6-12H2,1-5H3,(H,29,33). The molecule has 0 aliphatic carbocycles. The van der Waals surface area contributed by atoms with Crippen LogP contribution in [0.5, 0.6) is 17.2 Å². The minimum atomic E-state index is -0.120. The van der Waals surface area contributed by atoms with Gasteiger partial charge in [0, 0.05) is 49.1 Å². The van der Waals surface area contributed by atoms with Crippen LogP contribution in [0.25, 0.3) is 5.82 Å². The van der Waals surface area contributed by atoms with E-state index in [1.165, 1.54) is 19.3 Å². The Morgan fingerprint density at radius 2 is 1.61 bits per heavy atom. The SMILES string of the molecule is COc1cc(NC(=O)CCc2c(C)nn(-c3cc(N4CCCCC4)ncn3)c2C)cc(OC)c1OC. The van der Waals surface area contributed by atoms with Crippen LogP contribution in [0.1, 0.15) is 42.6 Å². The summed E-state index contributed by atoms with van der Waals surface area (Å²) in [6.45, 7) is 6.00. The van der Waals surface area contributed by atoms with Gasteiger partial charge in [0.2, 0.25) is 11.7 Å². The highest BCUT2D eigenvalue weighted by molar-refractivity contribution is 5.91. The lowest BCUT2D eigenvalue weighted by Gasteiger charge is -2.27. The lowest BCUT2D eigenvalue weighted by molar-refractivity contribution is -0.116. The third-order valence-electron chi connectivity index (χ3n) is 6.53.